The van der Waals surface area contributed by atoms with Crippen LogP contribution in [0.2, 0.25) is 0 Å². The fourth-order valence-corrected chi connectivity index (χ4v) is 4.35. The highest BCUT2D eigenvalue weighted by Crippen LogP contribution is 2.31. The second kappa shape index (κ2) is 8.97. The van der Waals surface area contributed by atoms with Crippen molar-refractivity contribution in [2.24, 2.45) is 0 Å². The predicted molar refractivity (Wildman–Crippen MR) is 115 cm³/mol. The van der Waals surface area contributed by atoms with Crippen LogP contribution >= 0.6 is 0 Å². The summed E-state index contributed by atoms with van der Waals surface area (Å²) in [6.07, 6.45) is 1.85. The summed E-state index contributed by atoms with van der Waals surface area (Å²) < 4.78 is 27.2. The number of nitrogens with one attached hydrogen (secondary N) is 2. The molecule has 1 aliphatic carbocycles. The largest absolute Gasteiger partial charge is 0.355 e. The highest BCUT2D eigenvalue weighted by molar-refractivity contribution is 7.89. The van der Waals surface area contributed by atoms with Crippen LogP contribution in [-0.4, -0.2) is 44.8 Å². The molecule has 2 aromatic carbocycles. The van der Waals surface area contributed by atoms with Crippen LogP contribution in [0.25, 0.3) is 0 Å². The molecule has 0 heterocycles. The van der Waals surface area contributed by atoms with Crippen molar-refractivity contribution in [1.82, 2.24) is 14.9 Å². The second-order valence-electron chi connectivity index (χ2n) is 7.42. The summed E-state index contributed by atoms with van der Waals surface area (Å²) in [6, 6.07) is 11.9. The first-order valence-corrected chi connectivity index (χ1v) is 11.5. The van der Waals surface area contributed by atoms with E-state index in [2.05, 4.69) is 10.0 Å². The van der Waals surface area contributed by atoms with Gasteiger partial charge < -0.3 is 10.2 Å². The number of rotatable bonds is 8. The number of aryl methyl sites for hydroxylation is 1. The first-order chi connectivity index (χ1) is 14.3. The van der Waals surface area contributed by atoms with E-state index in [1.54, 1.807) is 44.0 Å². The van der Waals surface area contributed by atoms with Gasteiger partial charge in [0.25, 0.3) is 11.8 Å². The van der Waals surface area contributed by atoms with E-state index in [1.165, 1.54) is 12.1 Å². The Morgan fingerprint density at radius 2 is 1.77 bits per heavy atom. The summed E-state index contributed by atoms with van der Waals surface area (Å²) in [5.41, 5.74) is 2.60. The average molecular weight is 430 g/mol. The van der Waals surface area contributed by atoms with E-state index in [4.69, 9.17) is 0 Å². The minimum atomic E-state index is -3.65. The summed E-state index contributed by atoms with van der Waals surface area (Å²) in [4.78, 5) is 27.0. The summed E-state index contributed by atoms with van der Waals surface area (Å²) in [5.74, 6) is -0.343. The quantitative estimate of drug-likeness (QED) is 0.674. The van der Waals surface area contributed by atoms with Crippen LogP contribution in [0.15, 0.2) is 47.4 Å². The maximum atomic E-state index is 13.4. The van der Waals surface area contributed by atoms with Crippen molar-refractivity contribution in [2.45, 2.75) is 44.2 Å². The van der Waals surface area contributed by atoms with Gasteiger partial charge in [-0.2, -0.15) is 0 Å². The Morgan fingerprint density at radius 1 is 1.10 bits per heavy atom. The van der Waals surface area contributed by atoms with Crippen LogP contribution in [0, 0.1) is 6.92 Å². The van der Waals surface area contributed by atoms with E-state index in [1.807, 2.05) is 12.1 Å². The summed E-state index contributed by atoms with van der Waals surface area (Å²) in [5, 5.41) is 2.58. The molecule has 0 atom stereocenters. The van der Waals surface area contributed by atoms with Crippen LogP contribution < -0.4 is 10.0 Å². The highest BCUT2D eigenvalue weighted by Gasteiger charge is 2.34. The van der Waals surface area contributed by atoms with Crippen LogP contribution in [0.5, 0.6) is 0 Å². The van der Waals surface area contributed by atoms with Gasteiger partial charge in [-0.15, -0.1) is 0 Å². The topological polar surface area (TPSA) is 95.6 Å². The fraction of sp³-hybridized carbons (Fsp3) is 0.364. The molecule has 2 N–H and O–H groups in total. The molecule has 0 radical (unpaired) electrons. The molecular weight excluding hydrogens is 402 g/mol. The maximum Gasteiger partial charge on any atom is 0.254 e. The molecule has 0 aliphatic heterocycles. The Labute approximate surface area is 177 Å². The molecule has 8 heteroatoms. The van der Waals surface area contributed by atoms with Crippen LogP contribution in [0.3, 0.4) is 0 Å². The lowest BCUT2D eigenvalue weighted by atomic mass is 10.1. The van der Waals surface area contributed by atoms with E-state index in [0.717, 1.165) is 24.0 Å². The van der Waals surface area contributed by atoms with Crippen molar-refractivity contribution in [1.29, 1.82) is 0 Å². The normalized spacial score (nSPS) is 13.7. The second-order valence-corrected chi connectivity index (χ2v) is 9.19. The third-order valence-electron chi connectivity index (χ3n) is 5.13. The molecule has 7 nitrogen and oxygen atoms in total. The van der Waals surface area contributed by atoms with Gasteiger partial charge in [0.2, 0.25) is 10.0 Å². The Hall–Kier alpha value is -2.71. The van der Waals surface area contributed by atoms with E-state index >= 15 is 0 Å². The van der Waals surface area contributed by atoms with E-state index in [9.17, 15) is 18.0 Å². The zero-order valence-electron chi connectivity index (χ0n) is 17.4. The van der Waals surface area contributed by atoms with Crippen molar-refractivity contribution in [3.63, 3.8) is 0 Å². The number of carbonyl (C=O) groups excluding carboxylic acids is 2. The molecule has 30 heavy (non-hydrogen) atoms. The summed E-state index contributed by atoms with van der Waals surface area (Å²) >= 11 is 0. The molecule has 160 valence electrons. The predicted octanol–water partition coefficient (Wildman–Crippen LogP) is 2.46. The minimum Gasteiger partial charge on any atom is -0.355 e. The first kappa shape index (κ1) is 22.0. The summed E-state index contributed by atoms with van der Waals surface area (Å²) in [6.45, 7) is 4.20. The van der Waals surface area contributed by atoms with Crippen LogP contribution in [-0.2, 0) is 16.6 Å². The average Bonchev–Trinajstić information content (AvgIpc) is 3.56. The van der Waals surface area contributed by atoms with Gasteiger partial charge in [-0.1, -0.05) is 25.1 Å². The van der Waals surface area contributed by atoms with Crippen molar-refractivity contribution in [2.75, 3.05) is 13.6 Å². The molecular formula is C22H27N3O4S. The van der Waals surface area contributed by atoms with Gasteiger partial charge >= 0.3 is 0 Å². The summed E-state index contributed by atoms with van der Waals surface area (Å²) in [7, 11) is -2.07. The molecule has 0 unspecified atom stereocenters. The molecule has 2 amide bonds. The van der Waals surface area contributed by atoms with Crippen molar-refractivity contribution >= 4 is 21.8 Å². The van der Waals surface area contributed by atoms with Crippen molar-refractivity contribution in [3.05, 3.63) is 64.7 Å². The molecule has 0 spiro atoms. The van der Waals surface area contributed by atoms with Crippen LogP contribution in [0.4, 0.5) is 0 Å². The van der Waals surface area contributed by atoms with E-state index in [0.29, 0.717) is 17.7 Å². The van der Waals surface area contributed by atoms with Crippen LogP contribution in [0.1, 0.15) is 51.6 Å². The van der Waals surface area contributed by atoms with Gasteiger partial charge in [0, 0.05) is 37.3 Å². The minimum absolute atomic E-state index is 0.0870. The number of nitrogens with zero attached hydrogens (tertiary/aromatic N) is 1. The van der Waals surface area contributed by atoms with Crippen molar-refractivity contribution in [3.8, 4) is 0 Å². The molecule has 0 bridgehead atoms. The smallest absolute Gasteiger partial charge is 0.254 e. The standard InChI is InChI=1S/C22H27N3O4S/c1-4-24-30(28,29)19-12-5-15(2)20(13-19)22(27)25(18-10-11-18)14-16-6-8-17(9-7-16)21(26)23-3/h5-9,12-13,18,24H,4,10-11,14H2,1-3H3,(H,23,26). The number of carbonyl (C=O) groups is 2. The lowest BCUT2D eigenvalue weighted by molar-refractivity contribution is 0.0728. The Balaban J connectivity index is 1.87. The van der Waals surface area contributed by atoms with Gasteiger partial charge in [-0.25, -0.2) is 13.1 Å². The number of benzene rings is 2. The number of hydrogen-bond acceptors (Lipinski definition) is 4. The van der Waals surface area contributed by atoms with Gasteiger partial charge in [0.15, 0.2) is 0 Å². The molecule has 0 saturated heterocycles. The Bertz CT molecular complexity index is 1040. The molecule has 1 saturated carbocycles. The zero-order valence-corrected chi connectivity index (χ0v) is 18.3. The molecule has 1 aliphatic rings. The molecule has 1 fully saturated rings. The maximum absolute atomic E-state index is 13.4. The first-order valence-electron chi connectivity index (χ1n) is 9.99. The van der Waals surface area contributed by atoms with E-state index < -0.39 is 10.0 Å². The Kier molecular flexibility index (Phi) is 6.58. The van der Waals surface area contributed by atoms with Gasteiger partial charge in [-0.3, -0.25) is 9.59 Å². The number of sulfonamides is 1. The number of hydrogen-bond donors (Lipinski definition) is 2. The fourth-order valence-electron chi connectivity index (χ4n) is 3.28. The van der Waals surface area contributed by atoms with E-state index in [-0.39, 0.29) is 29.3 Å². The molecule has 0 aromatic heterocycles. The van der Waals surface area contributed by atoms with Crippen molar-refractivity contribution < 1.29 is 18.0 Å². The van der Waals surface area contributed by atoms with Gasteiger partial charge in [0.05, 0.1) is 4.90 Å². The lowest BCUT2D eigenvalue weighted by Gasteiger charge is -2.24. The third-order valence-corrected chi connectivity index (χ3v) is 6.67. The zero-order chi connectivity index (χ0) is 21.9. The highest BCUT2D eigenvalue weighted by atomic mass is 32.2. The monoisotopic (exact) mass is 429 g/mol. The van der Waals surface area contributed by atoms with Gasteiger partial charge in [0.1, 0.15) is 0 Å². The van der Waals surface area contributed by atoms with Gasteiger partial charge in [-0.05, 0) is 55.2 Å². The third kappa shape index (κ3) is 4.88. The molecule has 3 rings (SSSR count). The number of amides is 2. The SMILES string of the molecule is CCNS(=O)(=O)c1ccc(C)c(C(=O)N(Cc2ccc(C(=O)NC)cc2)C2CC2)c1. The Morgan fingerprint density at radius 3 is 2.33 bits per heavy atom. The molecule has 2 aromatic rings. The lowest BCUT2D eigenvalue weighted by Crippen LogP contribution is -2.33.